The second kappa shape index (κ2) is 7.75. The largest absolute Gasteiger partial charge is 0.365 e. The van der Waals surface area contributed by atoms with Crippen molar-refractivity contribution in [3.05, 3.63) is 66.4 Å². The molecule has 0 unspecified atom stereocenters. The summed E-state index contributed by atoms with van der Waals surface area (Å²) < 4.78 is 13.1. The molecule has 8 heteroatoms. The van der Waals surface area contributed by atoms with Gasteiger partial charge >= 0.3 is 0 Å². The molecule has 4 rings (SSSR count). The molecule has 0 saturated carbocycles. The van der Waals surface area contributed by atoms with Crippen molar-refractivity contribution in [2.45, 2.75) is 31.8 Å². The maximum atomic E-state index is 13.3. The second-order valence-electron chi connectivity index (χ2n) is 6.83. The second-order valence-corrected chi connectivity index (χ2v) is 6.83. The Bertz CT molecular complexity index is 944. The molecule has 1 saturated heterocycles. The first-order chi connectivity index (χ1) is 13.6. The third kappa shape index (κ3) is 3.58. The lowest BCUT2D eigenvalue weighted by Crippen LogP contribution is -2.52. The van der Waals surface area contributed by atoms with Crippen molar-refractivity contribution in [1.29, 1.82) is 0 Å². The zero-order valence-corrected chi connectivity index (χ0v) is 15.5. The van der Waals surface area contributed by atoms with Gasteiger partial charge in [0.15, 0.2) is 0 Å². The van der Waals surface area contributed by atoms with E-state index in [1.54, 1.807) is 24.5 Å². The van der Waals surface area contributed by atoms with Crippen molar-refractivity contribution in [2.24, 2.45) is 0 Å². The summed E-state index contributed by atoms with van der Waals surface area (Å²) in [5.41, 5.74) is 1.21. The molecule has 2 aromatic heterocycles. The number of benzene rings is 1. The molecule has 1 fully saturated rings. The number of likely N-dealkylation sites (tertiary alicyclic amines) is 1. The number of rotatable bonds is 4. The molecule has 1 aliphatic rings. The van der Waals surface area contributed by atoms with E-state index in [0.29, 0.717) is 23.6 Å². The van der Waals surface area contributed by atoms with Gasteiger partial charge in [-0.1, -0.05) is 12.1 Å². The Labute approximate surface area is 162 Å². The first kappa shape index (κ1) is 18.1. The molecule has 0 radical (unpaired) electrons. The number of halogens is 1. The Morgan fingerprint density at radius 3 is 2.71 bits per heavy atom. The topological polar surface area (TPSA) is 75.9 Å². The lowest BCUT2D eigenvalue weighted by molar-refractivity contribution is 0.0616. The molecule has 3 heterocycles. The summed E-state index contributed by atoms with van der Waals surface area (Å²) in [6.45, 7) is 2.70. The monoisotopic (exact) mass is 380 g/mol. The number of carbonyl (C=O) groups excluding carboxylic acids is 1. The summed E-state index contributed by atoms with van der Waals surface area (Å²) in [5, 5.41) is 11.6. The van der Waals surface area contributed by atoms with E-state index in [1.165, 1.54) is 17.1 Å². The van der Waals surface area contributed by atoms with Crippen LogP contribution in [0.3, 0.4) is 0 Å². The van der Waals surface area contributed by atoms with Crippen LogP contribution in [0.25, 0.3) is 5.69 Å². The fourth-order valence-electron chi connectivity index (χ4n) is 3.60. The molecule has 1 aromatic carbocycles. The predicted octanol–water partition coefficient (Wildman–Crippen LogP) is 2.91. The maximum Gasteiger partial charge on any atom is 0.256 e. The van der Waals surface area contributed by atoms with Gasteiger partial charge in [-0.05, 0) is 44.0 Å². The molecular formula is C20H21FN6O. The Morgan fingerprint density at radius 2 is 1.96 bits per heavy atom. The van der Waals surface area contributed by atoms with Crippen LogP contribution in [0.15, 0.2) is 55.0 Å². The van der Waals surface area contributed by atoms with Crippen LogP contribution in [0, 0.1) is 5.82 Å². The predicted molar refractivity (Wildman–Crippen MR) is 103 cm³/mol. The third-order valence-corrected chi connectivity index (χ3v) is 5.08. The van der Waals surface area contributed by atoms with Crippen LogP contribution in [-0.2, 0) is 0 Å². The van der Waals surface area contributed by atoms with E-state index in [0.717, 1.165) is 12.8 Å². The number of nitrogens with zero attached hydrogens (tertiary/aromatic N) is 5. The molecule has 0 spiro atoms. The number of nitrogens with one attached hydrogen (secondary N) is 1. The molecule has 1 amide bonds. The minimum atomic E-state index is -0.372. The van der Waals surface area contributed by atoms with Gasteiger partial charge in [0.2, 0.25) is 0 Å². The van der Waals surface area contributed by atoms with Crippen LogP contribution in [0.5, 0.6) is 0 Å². The van der Waals surface area contributed by atoms with Crippen molar-refractivity contribution in [1.82, 2.24) is 24.9 Å². The molecule has 1 N–H and O–H groups in total. The highest BCUT2D eigenvalue weighted by Gasteiger charge is 2.32. The van der Waals surface area contributed by atoms with Crippen molar-refractivity contribution in [3.8, 4) is 5.69 Å². The SMILES string of the molecule is C[C@H]1[C@H](Nc2ccc(F)cn2)CCCN1C(=O)c1ccccc1-n1nccn1. The highest BCUT2D eigenvalue weighted by atomic mass is 19.1. The number of pyridine rings is 1. The van der Waals surface area contributed by atoms with E-state index in [2.05, 4.69) is 20.5 Å². The standard InChI is InChI=1S/C20H21FN6O/c1-14-17(25-19-9-8-15(21)13-22-19)6-4-12-26(14)20(28)16-5-2-3-7-18(16)27-23-10-11-24-27/h2-3,5,7-11,13-14,17H,4,6,12H2,1H3,(H,22,25)/t14-,17+/m0/s1. The molecule has 144 valence electrons. The van der Waals surface area contributed by atoms with E-state index >= 15 is 0 Å². The quantitative estimate of drug-likeness (QED) is 0.753. The van der Waals surface area contributed by atoms with Gasteiger partial charge < -0.3 is 10.2 Å². The number of hydrogen-bond donors (Lipinski definition) is 1. The highest BCUT2D eigenvalue weighted by molar-refractivity contribution is 5.98. The van der Waals surface area contributed by atoms with E-state index in [1.807, 2.05) is 30.0 Å². The smallest absolute Gasteiger partial charge is 0.256 e. The molecule has 2 atom stereocenters. The minimum Gasteiger partial charge on any atom is -0.365 e. The Kier molecular flexibility index (Phi) is 5.01. The summed E-state index contributed by atoms with van der Waals surface area (Å²) in [6, 6.07) is 10.3. The average molecular weight is 380 g/mol. The van der Waals surface area contributed by atoms with Gasteiger partial charge in [0.25, 0.3) is 5.91 Å². The number of piperidine rings is 1. The number of carbonyl (C=O) groups is 1. The van der Waals surface area contributed by atoms with Crippen LogP contribution in [-0.4, -0.2) is 49.4 Å². The zero-order chi connectivity index (χ0) is 19.5. The minimum absolute atomic E-state index is 0.0330. The molecule has 0 bridgehead atoms. The first-order valence-electron chi connectivity index (χ1n) is 9.28. The van der Waals surface area contributed by atoms with Crippen molar-refractivity contribution in [2.75, 3.05) is 11.9 Å². The van der Waals surface area contributed by atoms with Crippen molar-refractivity contribution < 1.29 is 9.18 Å². The highest BCUT2D eigenvalue weighted by Crippen LogP contribution is 2.24. The van der Waals surface area contributed by atoms with Crippen LogP contribution in [0.4, 0.5) is 10.2 Å². The van der Waals surface area contributed by atoms with E-state index in [-0.39, 0.29) is 23.8 Å². The van der Waals surface area contributed by atoms with Gasteiger partial charge in [-0.2, -0.15) is 15.0 Å². The van der Waals surface area contributed by atoms with E-state index in [4.69, 9.17) is 0 Å². The number of amides is 1. The van der Waals surface area contributed by atoms with Crippen molar-refractivity contribution in [3.63, 3.8) is 0 Å². The van der Waals surface area contributed by atoms with Gasteiger partial charge in [0, 0.05) is 18.6 Å². The number of anilines is 1. The fraction of sp³-hybridized carbons (Fsp3) is 0.300. The van der Waals surface area contributed by atoms with Crippen molar-refractivity contribution >= 4 is 11.7 Å². The fourth-order valence-corrected chi connectivity index (χ4v) is 3.60. The van der Waals surface area contributed by atoms with Gasteiger partial charge in [0.1, 0.15) is 11.6 Å². The average Bonchev–Trinajstić information content (AvgIpc) is 3.25. The summed E-state index contributed by atoms with van der Waals surface area (Å²) in [4.78, 5) is 20.7. The summed E-state index contributed by atoms with van der Waals surface area (Å²) in [7, 11) is 0. The molecule has 28 heavy (non-hydrogen) atoms. The van der Waals surface area contributed by atoms with Gasteiger partial charge in [-0.3, -0.25) is 4.79 Å². The van der Waals surface area contributed by atoms with Crippen LogP contribution < -0.4 is 5.32 Å². The summed E-state index contributed by atoms with van der Waals surface area (Å²) in [6.07, 6.45) is 6.14. The number of para-hydroxylation sites is 1. The van der Waals surface area contributed by atoms with Gasteiger partial charge in [0.05, 0.1) is 29.8 Å². The Balaban J connectivity index is 1.56. The van der Waals surface area contributed by atoms with E-state index < -0.39 is 0 Å². The van der Waals surface area contributed by atoms with Gasteiger partial charge in [-0.25, -0.2) is 9.37 Å². The van der Waals surface area contributed by atoms with Crippen LogP contribution in [0.2, 0.25) is 0 Å². The first-order valence-corrected chi connectivity index (χ1v) is 9.28. The molecular weight excluding hydrogens is 359 g/mol. The third-order valence-electron chi connectivity index (χ3n) is 5.08. The van der Waals surface area contributed by atoms with Crippen LogP contribution >= 0.6 is 0 Å². The normalized spacial score (nSPS) is 19.4. The lowest BCUT2D eigenvalue weighted by Gasteiger charge is -2.40. The molecule has 7 nitrogen and oxygen atoms in total. The lowest BCUT2D eigenvalue weighted by atomic mass is 9.96. The number of hydrogen-bond acceptors (Lipinski definition) is 5. The number of aromatic nitrogens is 4. The van der Waals surface area contributed by atoms with Gasteiger partial charge in [-0.15, -0.1) is 0 Å². The zero-order valence-electron chi connectivity index (χ0n) is 15.5. The Morgan fingerprint density at radius 1 is 1.18 bits per heavy atom. The Hall–Kier alpha value is -3.29. The van der Waals surface area contributed by atoms with Crippen LogP contribution in [0.1, 0.15) is 30.1 Å². The molecule has 0 aliphatic carbocycles. The summed E-state index contributed by atoms with van der Waals surface area (Å²) in [5.74, 6) is 0.176. The molecule has 1 aliphatic heterocycles. The maximum absolute atomic E-state index is 13.3. The molecule has 3 aromatic rings. The van der Waals surface area contributed by atoms with E-state index in [9.17, 15) is 9.18 Å². The summed E-state index contributed by atoms with van der Waals surface area (Å²) >= 11 is 0.